The van der Waals surface area contributed by atoms with Crippen LogP contribution in [-0.2, 0) is 14.8 Å². The normalized spacial score (nSPS) is 19.2. The van der Waals surface area contributed by atoms with Gasteiger partial charge in [-0.15, -0.1) is 0 Å². The predicted molar refractivity (Wildman–Crippen MR) is 67.8 cm³/mol. The fourth-order valence-corrected chi connectivity index (χ4v) is 3.52. The summed E-state index contributed by atoms with van der Waals surface area (Å²) in [5.41, 5.74) is 0.516. The van der Waals surface area contributed by atoms with Gasteiger partial charge in [-0.2, -0.15) is 0 Å². The Labute approximate surface area is 104 Å². The molecule has 5 heteroatoms. The Morgan fingerprint density at radius 1 is 1.06 bits per heavy atom. The van der Waals surface area contributed by atoms with Crippen molar-refractivity contribution >= 4 is 15.9 Å². The lowest BCUT2D eigenvalue weighted by atomic mass is 10.1. The number of rotatable bonds is 6. The first-order valence-electron chi connectivity index (χ1n) is 6.22. The van der Waals surface area contributed by atoms with E-state index in [4.69, 9.17) is 0 Å². The summed E-state index contributed by atoms with van der Waals surface area (Å²) < 4.78 is 25.0. The molecule has 1 rings (SSSR count). The fourth-order valence-electron chi connectivity index (χ4n) is 1.96. The lowest BCUT2D eigenvalue weighted by Gasteiger charge is -2.09. The van der Waals surface area contributed by atoms with Crippen molar-refractivity contribution in [3.05, 3.63) is 10.5 Å². The second kappa shape index (κ2) is 5.67. The summed E-state index contributed by atoms with van der Waals surface area (Å²) in [6.45, 7) is 4.04. The van der Waals surface area contributed by atoms with Crippen molar-refractivity contribution in [1.82, 2.24) is 4.31 Å². The minimum absolute atomic E-state index is 0.329. The monoisotopic (exact) mass is 259 g/mol. The molecule has 0 aromatic carbocycles. The number of hydrogen-bond donors (Lipinski definition) is 0. The summed E-state index contributed by atoms with van der Waals surface area (Å²) in [5.74, 6) is -0.329. The second-order valence-corrected chi connectivity index (χ2v) is 6.38. The fraction of sp³-hybridized carbons (Fsp3) is 0.750. The van der Waals surface area contributed by atoms with Crippen LogP contribution in [0.5, 0.6) is 0 Å². The van der Waals surface area contributed by atoms with Crippen LogP contribution >= 0.6 is 0 Å². The van der Waals surface area contributed by atoms with Gasteiger partial charge in [0.1, 0.15) is 0 Å². The molecule has 0 unspecified atom stereocenters. The number of sulfonamides is 1. The van der Waals surface area contributed by atoms with Gasteiger partial charge in [-0.25, -0.2) is 12.7 Å². The van der Waals surface area contributed by atoms with E-state index >= 15 is 0 Å². The molecule has 0 aliphatic carbocycles. The van der Waals surface area contributed by atoms with E-state index in [1.54, 1.807) is 0 Å². The van der Waals surface area contributed by atoms with E-state index in [1.807, 2.05) is 13.8 Å². The van der Waals surface area contributed by atoms with Crippen LogP contribution in [0, 0.1) is 0 Å². The molecule has 0 spiro atoms. The van der Waals surface area contributed by atoms with Crippen LogP contribution in [-0.4, -0.2) is 25.7 Å². The molecule has 0 fully saturated rings. The van der Waals surface area contributed by atoms with E-state index in [1.165, 1.54) is 7.05 Å². The van der Waals surface area contributed by atoms with E-state index < -0.39 is 10.0 Å². The van der Waals surface area contributed by atoms with Crippen LogP contribution in [0.1, 0.15) is 52.4 Å². The van der Waals surface area contributed by atoms with Crippen molar-refractivity contribution in [2.24, 2.45) is 0 Å². The largest absolute Gasteiger partial charge is 0.268 e. The van der Waals surface area contributed by atoms with Gasteiger partial charge in [-0.1, -0.05) is 26.7 Å². The third-order valence-corrected chi connectivity index (χ3v) is 5.05. The summed E-state index contributed by atoms with van der Waals surface area (Å²) in [5, 5.41) is 0. The Kier molecular flexibility index (Phi) is 4.74. The third-order valence-electron chi connectivity index (χ3n) is 3.09. The number of nitrogens with zero attached hydrogens (tertiary/aromatic N) is 1. The number of hydrogen-bond acceptors (Lipinski definition) is 3. The minimum atomic E-state index is -3.50. The SMILES string of the molecule is CCCCC1=C(CCCC)S(=O)(=O)N(C)C1=O. The maximum absolute atomic E-state index is 12.0. The summed E-state index contributed by atoms with van der Waals surface area (Å²) >= 11 is 0. The maximum Gasteiger partial charge on any atom is 0.264 e. The van der Waals surface area contributed by atoms with Gasteiger partial charge in [-0.3, -0.25) is 4.79 Å². The Hall–Kier alpha value is -0.840. The molecule has 0 saturated heterocycles. The maximum atomic E-state index is 12.0. The van der Waals surface area contributed by atoms with Crippen molar-refractivity contribution in [2.45, 2.75) is 52.4 Å². The molecule has 0 N–H and O–H groups in total. The highest BCUT2D eigenvalue weighted by atomic mass is 32.2. The summed E-state index contributed by atoms with van der Waals surface area (Å²) in [6, 6.07) is 0. The van der Waals surface area contributed by atoms with Crippen molar-refractivity contribution in [1.29, 1.82) is 0 Å². The molecule has 17 heavy (non-hydrogen) atoms. The van der Waals surface area contributed by atoms with Crippen LogP contribution in [0.2, 0.25) is 0 Å². The number of likely N-dealkylation sites (N-methyl/N-ethyl adjacent to an activating group) is 1. The average molecular weight is 259 g/mol. The number of carbonyl (C=O) groups is 1. The molecular formula is C12H21NO3S. The molecule has 4 nitrogen and oxygen atoms in total. The zero-order valence-electron chi connectivity index (χ0n) is 10.8. The summed E-state index contributed by atoms with van der Waals surface area (Å²) in [6.07, 6.45) is 4.64. The molecule has 0 bridgehead atoms. The van der Waals surface area contributed by atoms with Gasteiger partial charge in [0.15, 0.2) is 0 Å². The van der Waals surface area contributed by atoms with Crippen molar-refractivity contribution in [2.75, 3.05) is 7.05 Å². The Balaban J connectivity index is 3.06. The highest BCUT2D eigenvalue weighted by Crippen LogP contribution is 2.32. The molecule has 1 amide bonds. The van der Waals surface area contributed by atoms with Gasteiger partial charge in [0, 0.05) is 12.6 Å². The number of allylic oxidation sites excluding steroid dienone is 1. The number of amides is 1. The molecule has 0 atom stereocenters. The van der Waals surface area contributed by atoms with E-state index in [2.05, 4.69) is 0 Å². The van der Waals surface area contributed by atoms with Crippen LogP contribution < -0.4 is 0 Å². The van der Waals surface area contributed by atoms with Crippen LogP contribution in [0.25, 0.3) is 0 Å². The van der Waals surface area contributed by atoms with Crippen molar-refractivity contribution in [3.8, 4) is 0 Å². The molecule has 0 radical (unpaired) electrons. The lowest BCUT2D eigenvalue weighted by Crippen LogP contribution is -2.27. The van der Waals surface area contributed by atoms with Crippen molar-refractivity contribution < 1.29 is 13.2 Å². The number of unbranched alkanes of at least 4 members (excludes halogenated alkanes) is 2. The second-order valence-electron chi connectivity index (χ2n) is 4.39. The zero-order chi connectivity index (χ0) is 13.1. The van der Waals surface area contributed by atoms with Crippen LogP contribution in [0.3, 0.4) is 0 Å². The van der Waals surface area contributed by atoms with Gasteiger partial charge >= 0.3 is 0 Å². The Morgan fingerprint density at radius 2 is 1.59 bits per heavy atom. The van der Waals surface area contributed by atoms with Gasteiger partial charge in [0.05, 0.1) is 4.91 Å². The summed E-state index contributed by atoms with van der Waals surface area (Å²) in [4.78, 5) is 12.3. The Morgan fingerprint density at radius 3 is 2.12 bits per heavy atom. The molecular weight excluding hydrogens is 238 g/mol. The highest BCUT2D eigenvalue weighted by molar-refractivity contribution is 7.94. The smallest absolute Gasteiger partial charge is 0.264 e. The quantitative estimate of drug-likeness (QED) is 0.736. The molecule has 0 aromatic rings. The molecule has 0 saturated carbocycles. The van der Waals surface area contributed by atoms with Crippen molar-refractivity contribution in [3.63, 3.8) is 0 Å². The van der Waals surface area contributed by atoms with E-state index in [0.29, 0.717) is 23.3 Å². The predicted octanol–water partition coefficient (Wildman–Crippen LogP) is 2.42. The molecule has 0 aromatic heterocycles. The Bertz CT molecular complexity index is 423. The standard InChI is InChI=1S/C12H21NO3S/c1-4-6-8-10-11(9-7-5-2)17(15,16)13(3)12(10)14/h4-9H2,1-3H3. The lowest BCUT2D eigenvalue weighted by molar-refractivity contribution is -0.121. The van der Waals surface area contributed by atoms with Gasteiger partial charge < -0.3 is 0 Å². The molecule has 1 aliphatic rings. The van der Waals surface area contributed by atoms with E-state index in [0.717, 1.165) is 30.0 Å². The van der Waals surface area contributed by atoms with E-state index in [9.17, 15) is 13.2 Å². The third kappa shape index (κ3) is 2.70. The first-order chi connectivity index (χ1) is 7.96. The first-order valence-corrected chi connectivity index (χ1v) is 7.66. The number of carbonyl (C=O) groups excluding carboxylic acids is 1. The van der Waals surface area contributed by atoms with Crippen LogP contribution in [0.4, 0.5) is 0 Å². The summed E-state index contributed by atoms with van der Waals surface area (Å²) in [7, 11) is -2.15. The van der Waals surface area contributed by atoms with Gasteiger partial charge in [-0.05, 0) is 25.7 Å². The molecule has 1 heterocycles. The van der Waals surface area contributed by atoms with Gasteiger partial charge in [0.2, 0.25) is 0 Å². The van der Waals surface area contributed by atoms with Gasteiger partial charge in [0.25, 0.3) is 15.9 Å². The van der Waals surface area contributed by atoms with E-state index in [-0.39, 0.29) is 5.91 Å². The topological polar surface area (TPSA) is 54.5 Å². The van der Waals surface area contributed by atoms with Crippen LogP contribution in [0.15, 0.2) is 10.5 Å². The highest BCUT2D eigenvalue weighted by Gasteiger charge is 2.39. The molecule has 1 aliphatic heterocycles. The zero-order valence-corrected chi connectivity index (χ0v) is 11.6. The average Bonchev–Trinajstić information content (AvgIpc) is 2.45. The minimum Gasteiger partial charge on any atom is -0.268 e. The molecule has 98 valence electrons. The first kappa shape index (κ1) is 14.2.